The van der Waals surface area contributed by atoms with Gasteiger partial charge in [-0.25, -0.2) is 0 Å². The molecule has 0 N–H and O–H groups in total. The van der Waals surface area contributed by atoms with Crippen molar-refractivity contribution in [1.82, 2.24) is 0 Å². The zero-order valence-electron chi connectivity index (χ0n) is 5.35. The van der Waals surface area contributed by atoms with Crippen molar-refractivity contribution >= 4 is 0 Å². The van der Waals surface area contributed by atoms with Crippen LogP contribution >= 0.6 is 0 Å². The Morgan fingerprint density at radius 2 is 2.50 bits per heavy atom. The molecule has 8 heavy (non-hydrogen) atoms. The lowest BCUT2D eigenvalue weighted by molar-refractivity contribution is 0.745. The first-order chi connectivity index (χ1) is 3.92. The Morgan fingerprint density at radius 1 is 1.75 bits per heavy atom. The summed E-state index contributed by atoms with van der Waals surface area (Å²) in [5, 5.41) is 0. The second kappa shape index (κ2) is 1.37. The Bertz CT molecular complexity index is 133. The maximum absolute atomic E-state index is 2.38. The van der Waals surface area contributed by atoms with Crippen LogP contribution in [-0.2, 0) is 0 Å². The third kappa shape index (κ3) is 0.594. The van der Waals surface area contributed by atoms with Crippen molar-refractivity contribution in [3.63, 3.8) is 0 Å². The van der Waals surface area contributed by atoms with Crippen molar-refractivity contribution < 1.29 is 0 Å². The lowest BCUT2D eigenvalue weighted by Crippen LogP contribution is -1.74. The first-order valence-corrected chi connectivity index (χ1v) is 3.60. The van der Waals surface area contributed by atoms with Gasteiger partial charge in [0, 0.05) is 0 Å². The monoisotopic (exact) mass is 108 g/mol. The molecule has 2 unspecified atom stereocenters. The lowest BCUT2D eigenvalue weighted by Gasteiger charge is -1.84. The molecule has 2 rings (SSSR count). The van der Waals surface area contributed by atoms with Gasteiger partial charge in [-0.2, -0.15) is 0 Å². The van der Waals surface area contributed by atoms with Crippen molar-refractivity contribution in [3.05, 3.63) is 11.6 Å². The van der Waals surface area contributed by atoms with E-state index in [2.05, 4.69) is 13.0 Å². The summed E-state index contributed by atoms with van der Waals surface area (Å²) >= 11 is 0. The Labute approximate surface area is 50.6 Å². The van der Waals surface area contributed by atoms with Gasteiger partial charge in [0.25, 0.3) is 0 Å². The van der Waals surface area contributed by atoms with Crippen LogP contribution in [0.2, 0.25) is 0 Å². The van der Waals surface area contributed by atoms with Crippen molar-refractivity contribution in [2.75, 3.05) is 0 Å². The second-order valence-electron chi connectivity index (χ2n) is 2.99. The summed E-state index contributed by atoms with van der Waals surface area (Å²) in [5.74, 6) is 2.14. The quantitative estimate of drug-likeness (QED) is 0.476. The second-order valence-corrected chi connectivity index (χ2v) is 2.99. The fourth-order valence-electron chi connectivity index (χ4n) is 1.51. The molecule has 0 aliphatic heterocycles. The highest BCUT2D eigenvalue weighted by Gasteiger charge is 2.40. The predicted octanol–water partition coefficient (Wildman–Crippen LogP) is 2.36. The van der Waals surface area contributed by atoms with E-state index in [0.29, 0.717) is 0 Å². The molecule has 0 bridgehead atoms. The van der Waals surface area contributed by atoms with Gasteiger partial charge in [0.1, 0.15) is 0 Å². The van der Waals surface area contributed by atoms with E-state index in [1.165, 1.54) is 19.3 Å². The van der Waals surface area contributed by atoms with Gasteiger partial charge in [-0.05, 0) is 24.7 Å². The third-order valence-corrected chi connectivity index (χ3v) is 2.36. The molecule has 0 spiro atoms. The predicted molar refractivity (Wildman–Crippen MR) is 34.6 cm³/mol. The number of allylic oxidation sites excluding steroid dienone is 2. The minimum Gasteiger partial charge on any atom is -0.0807 e. The maximum Gasteiger partial charge on any atom is -0.0133 e. The highest BCUT2D eigenvalue weighted by molar-refractivity contribution is 5.29. The zero-order valence-corrected chi connectivity index (χ0v) is 5.35. The summed E-state index contributed by atoms with van der Waals surface area (Å²) in [6.45, 7) is 2.30. The Hall–Kier alpha value is -0.260. The Balaban J connectivity index is 1.87. The van der Waals surface area contributed by atoms with E-state index < -0.39 is 0 Å². The van der Waals surface area contributed by atoms with E-state index in [4.69, 9.17) is 0 Å². The van der Waals surface area contributed by atoms with Gasteiger partial charge in [-0.1, -0.05) is 25.0 Å². The van der Waals surface area contributed by atoms with Crippen LogP contribution in [0.15, 0.2) is 11.6 Å². The van der Waals surface area contributed by atoms with Crippen LogP contribution in [0.1, 0.15) is 26.2 Å². The molecule has 0 aromatic heterocycles. The van der Waals surface area contributed by atoms with E-state index in [9.17, 15) is 0 Å². The van der Waals surface area contributed by atoms with Crippen LogP contribution < -0.4 is 0 Å². The van der Waals surface area contributed by atoms with Gasteiger partial charge in [0.2, 0.25) is 0 Å². The summed E-state index contributed by atoms with van der Waals surface area (Å²) in [7, 11) is 0. The first kappa shape index (κ1) is 4.60. The van der Waals surface area contributed by atoms with Crippen molar-refractivity contribution in [2.24, 2.45) is 11.8 Å². The topological polar surface area (TPSA) is 0 Å². The molecule has 1 saturated carbocycles. The third-order valence-electron chi connectivity index (χ3n) is 2.36. The smallest absolute Gasteiger partial charge is 0.0133 e. The van der Waals surface area contributed by atoms with E-state index in [0.717, 1.165) is 11.8 Å². The molecular formula is C8H12. The van der Waals surface area contributed by atoms with Gasteiger partial charge in [-0.15, -0.1) is 0 Å². The summed E-state index contributed by atoms with van der Waals surface area (Å²) in [4.78, 5) is 0. The van der Waals surface area contributed by atoms with E-state index in [1.807, 2.05) is 0 Å². The number of hydrogen-bond acceptors (Lipinski definition) is 0. The van der Waals surface area contributed by atoms with Crippen molar-refractivity contribution in [3.8, 4) is 0 Å². The molecule has 0 heterocycles. The summed E-state index contributed by atoms with van der Waals surface area (Å²) in [5.41, 5.74) is 1.76. The Morgan fingerprint density at radius 3 is 2.88 bits per heavy atom. The average molecular weight is 108 g/mol. The molecule has 44 valence electrons. The summed E-state index contributed by atoms with van der Waals surface area (Å²) in [6.07, 6.45) is 6.63. The number of rotatable bonds is 2. The molecule has 2 aliphatic carbocycles. The van der Waals surface area contributed by atoms with Crippen LogP contribution in [0, 0.1) is 11.8 Å². The molecule has 2 atom stereocenters. The van der Waals surface area contributed by atoms with Crippen LogP contribution in [0.3, 0.4) is 0 Å². The van der Waals surface area contributed by atoms with Gasteiger partial charge in [-0.3, -0.25) is 0 Å². The maximum atomic E-state index is 2.38. The molecule has 0 radical (unpaired) electrons. The first-order valence-electron chi connectivity index (χ1n) is 3.60. The van der Waals surface area contributed by atoms with Crippen molar-refractivity contribution in [1.29, 1.82) is 0 Å². The molecule has 0 aromatic rings. The van der Waals surface area contributed by atoms with Crippen LogP contribution in [-0.4, -0.2) is 0 Å². The van der Waals surface area contributed by atoms with Crippen molar-refractivity contribution in [2.45, 2.75) is 26.2 Å². The largest absolute Gasteiger partial charge is 0.0807 e. The summed E-state index contributed by atoms with van der Waals surface area (Å²) < 4.78 is 0. The number of hydrogen-bond donors (Lipinski definition) is 0. The van der Waals surface area contributed by atoms with E-state index in [-0.39, 0.29) is 0 Å². The van der Waals surface area contributed by atoms with Crippen LogP contribution in [0.5, 0.6) is 0 Å². The molecule has 0 nitrogen and oxygen atoms in total. The minimum atomic E-state index is 1.06. The fraction of sp³-hybridized carbons (Fsp3) is 0.750. The minimum absolute atomic E-state index is 1.06. The molecule has 0 heteroatoms. The molecule has 2 aliphatic rings. The molecule has 1 fully saturated rings. The standard InChI is InChI=1S/C8H12/c1-2-6-5-8(6)7-3-4-7/h3,6,8H,2,4-5H2,1H3. The van der Waals surface area contributed by atoms with Gasteiger partial charge in [0.15, 0.2) is 0 Å². The molecule has 0 saturated heterocycles. The van der Waals surface area contributed by atoms with Crippen LogP contribution in [0.25, 0.3) is 0 Å². The average Bonchev–Trinajstić information content (AvgIpc) is 2.62. The van der Waals surface area contributed by atoms with E-state index in [1.54, 1.807) is 5.57 Å². The Kier molecular flexibility index (Phi) is 0.787. The van der Waals surface area contributed by atoms with Crippen LogP contribution in [0.4, 0.5) is 0 Å². The SMILES string of the molecule is CCC1CC1C1=CC1. The highest BCUT2D eigenvalue weighted by atomic mass is 14.4. The van der Waals surface area contributed by atoms with Gasteiger partial charge in [0.05, 0.1) is 0 Å². The lowest BCUT2D eigenvalue weighted by atomic mass is 10.2. The fourth-order valence-corrected chi connectivity index (χ4v) is 1.51. The van der Waals surface area contributed by atoms with Gasteiger partial charge >= 0.3 is 0 Å². The molecular weight excluding hydrogens is 96.1 g/mol. The summed E-state index contributed by atoms with van der Waals surface area (Å²) in [6, 6.07) is 0. The van der Waals surface area contributed by atoms with E-state index >= 15 is 0 Å². The molecule has 0 amide bonds. The normalized spacial score (nSPS) is 41.4. The zero-order chi connectivity index (χ0) is 5.56. The van der Waals surface area contributed by atoms with Gasteiger partial charge < -0.3 is 0 Å². The highest BCUT2D eigenvalue weighted by Crippen LogP contribution is 2.51. The molecule has 0 aromatic carbocycles.